The lowest BCUT2D eigenvalue weighted by atomic mass is 10.1. The number of halogens is 1. The van der Waals surface area contributed by atoms with E-state index in [1.807, 2.05) is 30.8 Å². The maximum atomic E-state index is 6.23. The molecule has 0 aliphatic rings. The van der Waals surface area contributed by atoms with Gasteiger partial charge in [-0.05, 0) is 45.4 Å². The Labute approximate surface area is 119 Å². The molecule has 3 nitrogen and oxygen atoms in total. The summed E-state index contributed by atoms with van der Waals surface area (Å²) in [7, 11) is 1.97. The number of benzene rings is 1. The highest BCUT2D eigenvalue weighted by atomic mass is 35.5. The van der Waals surface area contributed by atoms with E-state index in [0.717, 1.165) is 16.4 Å². The van der Waals surface area contributed by atoms with Gasteiger partial charge in [-0.25, -0.2) is 0 Å². The molecule has 102 valence electrons. The smallest absolute Gasteiger partial charge is 0.0649 e. The Morgan fingerprint density at radius 1 is 1.26 bits per heavy atom. The molecule has 0 aliphatic heterocycles. The van der Waals surface area contributed by atoms with E-state index in [1.54, 1.807) is 0 Å². The fraction of sp³-hybridized carbons (Fsp3) is 0.400. The van der Waals surface area contributed by atoms with E-state index in [-0.39, 0.29) is 6.04 Å². The highest BCUT2D eigenvalue weighted by molar-refractivity contribution is 6.33. The summed E-state index contributed by atoms with van der Waals surface area (Å²) in [6.07, 6.45) is 0. The molecular formula is C15H20ClN3. The molecule has 0 fully saturated rings. The van der Waals surface area contributed by atoms with Crippen LogP contribution in [-0.2, 0) is 7.05 Å². The van der Waals surface area contributed by atoms with E-state index in [9.17, 15) is 0 Å². The van der Waals surface area contributed by atoms with E-state index in [2.05, 4.69) is 37.3 Å². The van der Waals surface area contributed by atoms with Gasteiger partial charge >= 0.3 is 0 Å². The molecule has 19 heavy (non-hydrogen) atoms. The molecule has 1 aromatic carbocycles. The average Bonchev–Trinajstić information content (AvgIpc) is 2.58. The van der Waals surface area contributed by atoms with Crippen LogP contribution in [0.5, 0.6) is 0 Å². The topological polar surface area (TPSA) is 29.9 Å². The molecule has 0 amide bonds. The van der Waals surface area contributed by atoms with Crippen LogP contribution in [0.3, 0.4) is 0 Å². The molecule has 0 radical (unpaired) electrons. The van der Waals surface area contributed by atoms with Gasteiger partial charge in [-0.15, -0.1) is 0 Å². The van der Waals surface area contributed by atoms with Crippen molar-refractivity contribution in [1.82, 2.24) is 9.78 Å². The summed E-state index contributed by atoms with van der Waals surface area (Å²) in [6.45, 7) is 8.33. The zero-order valence-electron chi connectivity index (χ0n) is 12.1. The van der Waals surface area contributed by atoms with E-state index in [4.69, 9.17) is 11.6 Å². The van der Waals surface area contributed by atoms with Crippen molar-refractivity contribution in [3.63, 3.8) is 0 Å². The molecule has 1 atom stereocenters. The molecule has 2 rings (SSSR count). The van der Waals surface area contributed by atoms with Gasteiger partial charge in [0.1, 0.15) is 0 Å². The van der Waals surface area contributed by atoms with Crippen LogP contribution in [0.25, 0.3) is 0 Å². The minimum absolute atomic E-state index is 0.174. The number of rotatable bonds is 3. The number of aromatic nitrogens is 2. The van der Waals surface area contributed by atoms with Gasteiger partial charge in [0.2, 0.25) is 0 Å². The molecule has 0 spiro atoms. The lowest BCUT2D eigenvalue weighted by Crippen LogP contribution is -2.09. The Balaban J connectivity index is 2.30. The molecule has 0 bridgehead atoms. The Morgan fingerprint density at radius 3 is 2.53 bits per heavy atom. The number of aryl methyl sites for hydroxylation is 3. The second-order valence-electron chi connectivity index (χ2n) is 5.06. The van der Waals surface area contributed by atoms with Gasteiger partial charge in [-0.1, -0.05) is 17.7 Å². The van der Waals surface area contributed by atoms with Crippen LogP contribution in [0.2, 0.25) is 5.02 Å². The molecule has 1 heterocycles. The number of anilines is 1. The molecule has 1 aromatic heterocycles. The van der Waals surface area contributed by atoms with Gasteiger partial charge in [-0.3, -0.25) is 4.68 Å². The minimum atomic E-state index is 0.174. The molecule has 0 saturated heterocycles. The van der Waals surface area contributed by atoms with Gasteiger partial charge in [0.15, 0.2) is 0 Å². The molecule has 2 aromatic rings. The first-order chi connectivity index (χ1) is 8.90. The second kappa shape index (κ2) is 5.25. The summed E-state index contributed by atoms with van der Waals surface area (Å²) in [4.78, 5) is 0. The second-order valence-corrected chi connectivity index (χ2v) is 5.46. The Kier molecular flexibility index (Phi) is 3.85. The molecule has 0 saturated carbocycles. The predicted molar refractivity (Wildman–Crippen MR) is 80.9 cm³/mol. The van der Waals surface area contributed by atoms with Crippen molar-refractivity contribution >= 4 is 17.3 Å². The standard InChI is InChI=1S/C15H20ClN3/c1-9-6-7-13(16)14(8-9)17-10(2)15-11(3)18-19(5)12(15)4/h6-8,10,17H,1-5H3. The maximum absolute atomic E-state index is 6.23. The molecule has 1 N–H and O–H groups in total. The Hall–Kier alpha value is -1.48. The van der Waals surface area contributed by atoms with Gasteiger partial charge in [0.25, 0.3) is 0 Å². The summed E-state index contributed by atoms with van der Waals surface area (Å²) in [5, 5.41) is 8.68. The van der Waals surface area contributed by atoms with Crippen LogP contribution in [0.4, 0.5) is 5.69 Å². The van der Waals surface area contributed by atoms with E-state index >= 15 is 0 Å². The third-order valence-corrected chi connectivity index (χ3v) is 3.82. The van der Waals surface area contributed by atoms with Crippen LogP contribution in [0.1, 0.15) is 35.5 Å². The van der Waals surface area contributed by atoms with Gasteiger partial charge < -0.3 is 5.32 Å². The van der Waals surface area contributed by atoms with E-state index < -0.39 is 0 Å². The first-order valence-electron chi connectivity index (χ1n) is 6.43. The van der Waals surface area contributed by atoms with Gasteiger partial charge in [-0.2, -0.15) is 5.10 Å². The summed E-state index contributed by atoms with van der Waals surface area (Å²) < 4.78 is 1.92. The van der Waals surface area contributed by atoms with Crippen LogP contribution in [0.15, 0.2) is 18.2 Å². The average molecular weight is 278 g/mol. The van der Waals surface area contributed by atoms with Crippen LogP contribution in [0, 0.1) is 20.8 Å². The number of nitrogens with zero attached hydrogens (tertiary/aromatic N) is 2. The zero-order chi connectivity index (χ0) is 14.2. The number of hydrogen-bond donors (Lipinski definition) is 1. The fourth-order valence-electron chi connectivity index (χ4n) is 2.47. The van der Waals surface area contributed by atoms with Crippen molar-refractivity contribution in [2.75, 3.05) is 5.32 Å². The van der Waals surface area contributed by atoms with E-state index in [0.29, 0.717) is 0 Å². The quantitative estimate of drug-likeness (QED) is 0.912. The van der Waals surface area contributed by atoms with Crippen molar-refractivity contribution in [1.29, 1.82) is 0 Å². The third kappa shape index (κ3) is 2.76. The lowest BCUT2D eigenvalue weighted by molar-refractivity contribution is 0.728. The van der Waals surface area contributed by atoms with Gasteiger partial charge in [0, 0.05) is 18.3 Å². The first-order valence-corrected chi connectivity index (χ1v) is 6.80. The summed E-state index contributed by atoms with van der Waals surface area (Å²) in [6, 6.07) is 6.18. The number of hydrogen-bond acceptors (Lipinski definition) is 2. The first kappa shape index (κ1) is 13.9. The van der Waals surface area contributed by atoms with Gasteiger partial charge in [0.05, 0.1) is 22.4 Å². The van der Waals surface area contributed by atoms with Crippen molar-refractivity contribution in [2.24, 2.45) is 7.05 Å². The molecular weight excluding hydrogens is 258 g/mol. The van der Waals surface area contributed by atoms with Crippen molar-refractivity contribution in [3.8, 4) is 0 Å². The monoisotopic (exact) mass is 277 g/mol. The van der Waals surface area contributed by atoms with Crippen LogP contribution >= 0.6 is 11.6 Å². The normalized spacial score (nSPS) is 12.5. The minimum Gasteiger partial charge on any atom is -0.377 e. The van der Waals surface area contributed by atoms with Crippen LogP contribution in [-0.4, -0.2) is 9.78 Å². The molecule has 1 unspecified atom stereocenters. The number of nitrogens with one attached hydrogen (secondary N) is 1. The highest BCUT2D eigenvalue weighted by Gasteiger charge is 2.16. The van der Waals surface area contributed by atoms with Crippen molar-refractivity contribution in [3.05, 3.63) is 45.7 Å². The molecule has 0 aliphatic carbocycles. The summed E-state index contributed by atoms with van der Waals surface area (Å²) in [5.74, 6) is 0. The zero-order valence-corrected chi connectivity index (χ0v) is 12.8. The van der Waals surface area contributed by atoms with E-state index in [1.165, 1.54) is 16.8 Å². The summed E-state index contributed by atoms with van der Waals surface area (Å²) >= 11 is 6.23. The SMILES string of the molecule is Cc1ccc(Cl)c(NC(C)c2c(C)nn(C)c2C)c1. The maximum Gasteiger partial charge on any atom is 0.0649 e. The summed E-state index contributed by atoms with van der Waals surface area (Å²) in [5.41, 5.74) is 5.64. The lowest BCUT2D eigenvalue weighted by Gasteiger charge is -2.17. The third-order valence-electron chi connectivity index (χ3n) is 3.49. The fourth-order valence-corrected chi connectivity index (χ4v) is 2.64. The highest BCUT2D eigenvalue weighted by Crippen LogP contribution is 2.29. The van der Waals surface area contributed by atoms with Crippen molar-refractivity contribution in [2.45, 2.75) is 33.7 Å². The largest absolute Gasteiger partial charge is 0.377 e. The Morgan fingerprint density at radius 2 is 1.95 bits per heavy atom. The predicted octanol–water partition coefficient (Wildman–Crippen LogP) is 4.17. The Bertz CT molecular complexity index is 602. The molecule has 4 heteroatoms. The van der Waals surface area contributed by atoms with Crippen LogP contribution < -0.4 is 5.32 Å². The van der Waals surface area contributed by atoms with Crippen molar-refractivity contribution < 1.29 is 0 Å².